The number of aromatic amines is 1. The molecule has 136 valence electrons. The van der Waals surface area contributed by atoms with Crippen LogP contribution in [0.5, 0.6) is 5.75 Å². The molecule has 0 aliphatic rings. The fourth-order valence-corrected chi connectivity index (χ4v) is 2.23. The highest BCUT2D eigenvalue weighted by Gasteiger charge is 2.07. The minimum Gasteiger partial charge on any atom is -0.872 e. The second kappa shape index (κ2) is 7.87. The SMILES string of the molecule is O=c1[nH]c(N/N=C/c2cc([N+](=O)[O-])ccc2[O-])nnc1Cc1ccccc1. The summed E-state index contributed by atoms with van der Waals surface area (Å²) in [5, 5.41) is 33.9. The fraction of sp³-hybridized carbons (Fsp3) is 0.0588. The van der Waals surface area contributed by atoms with Gasteiger partial charge in [-0.3, -0.25) is 19.9 Å². The summed E-state index contributed by atoms with van der Waals surface area (Å²) in [6.07, 6.45) is 1.44. The fourth-order valence-electron chi connectivity index (χ4n) is 2.23. The van der Waals surface area contributed by atoms with Gasteiger partial charge in [0.25, 0.3) is 11.2 Å². The van der Waals surface area contributed by atoms with Crippen LogP contribution in [0.25, 0.3) is 0 Å². The quantitative estimate of drug-likeness (QED) is 0.378. The Kier molecular flexibility index (Phi) is 5.17. The van der Waals surface area contributed by atoms with Crippen molar-refractivity contribution in [2.24, 2.45) is 5.10 Å². The number of anilines is 1. The van der Waals surface area contributed by atoms with Crippen molar-refractivity contribution >= 4 is 17.9 Å². The van der Waals surface area contributed by atoms with Crippen LogP contribution in [-0.4, -0.2) is 26.3 Å². The predicted molar refractivity (Wildman–Crippen MR) is 95.7 cm³/mol. The van der Waals surface area contributed by atoms with Crippen molar-refractivity contribution in [3.63, 3.8) is 0 Å². The number of nitrogens with one attached hydrogen (secondary N) is 2. The molecule has 3 rings (SSSR count). The number of hydrazone groups is 1. The van der Waals surface area contributed by atoms with Crippen LogP contribution < -0.4 is 16.1 Å². The van der Waals surface area contributed by atoms with E-state index in [0.717, 1.165) is 30.0 Å². The molecule has 0 saturated carbocycles. The standard InChI is InChI=1S/C17H14N6O4/c24-15-7-6-13(23(26)27)9-12(15)10-18-21-17-19-16(25)14(20-22-17)8-11-4-2-1-3-5-11/h1-7,9-10,24H,8H2,(H2,19,21,22,25)/p-1/b18-10+. The molecule has 0 fully saturated rings. The molecule has 1 heterocycles. The number of benzene rings is 2. The first-order valence-corrected chi connectivity index (χ1v) is 7.77. The second-order valence-electron chi connectivity index (χ2n) is 5.46. The molecule has 2 aromatic carbocycles. The maximum Gasteiger partial charge on any atom is 0.274 e. The molecule has 0 atom stereocenters. The van der Waals surface area contributed by atoms with E-state index in [1.54, 1.807) is 0 Å². The van der Waals surface area contributed by atoms with Crippen molar-refractivity contribution in [3.05, 3.63) is 85.8 Å². The third kappa shape index (κ3) is 4.51. The van der Waals surface area contributed by atoms with Gasteiger partial charge in [0.2, 0.25) is 5.95 Å². The topological polar surface area (TPSA) is 149 Å². The number of aromatic nitrogens is 3. The Morgan fingerprint density at radius 2 is 1.96 bits per heavy atom. The molecule has 2 N–H and O–H groups in total. The smallest absolute Gasteiger partial charge is 0.274 e. The average molecular weight is 365 g/mol. The lowest BCUT2D eigenvalue weighted by Crippen LogP contribution is -2.18. The minimum absolute atomic E-state index is 0.0210. The molecular weight excluding hydrogens is 352 g/mol. The van der Waals surface area contributed by atoms with E-state index in [-0.39, 0.29) is 22.9 Å². The average Bonchev–Trinajstić information content (AvgIpc) is 2.66. The number of nitrogens with zero attached hydrogens (tertiary/aromatic N) is 4. The van der Waals surface area contributed by atoms with Crippen molar-refractivity contribution in [1.29, 1.82) is 0 Å². The summed E-state index contributed by atoms with van der Waals surface area (Å²) in [5.41, 5.74) is 2.97. The van der Waals surface area contributed by atoms with E-state index in [4.69, 9.17) is 0 Å². The highest BCUT2D eigenvalue weighted by Crippen LogP contribution is 2.19. The summed E-state index contributed by atoms with van der Waals surface area (Å²) >= 11 is 0. The minimum atomic E-state index is -0.612. The number of nitro groups is 1. The Morgan fingerprint density at radius 1 is 1.19 bits per heavy atom. The van der Waals surface area contributed by atoms with Crippen LogP contribution in [0.3, 0.4) is 0 Å². The van der Waals surface area contributed by atoms with E-state index in [1.165, 1.54) is 0 Å². The number of non-ortho nitro benzene ring substituents is 1. The van der Waals surface area contributed by atoms with E-state index >= 15 is 0 Å². The highest BCUT2D eigenvalue weighted by molar-refractivity contribution is 5.84. The molecule has 0 saturated heterocycles. The molecule has 0 bridgehead atoms. The maximum atomic E-state index is 12.1. The second-order valence-corrected chi connectivity index (χ2v) is 5.46. The van der Waals surface area contributed by atoms with Crippen molar-refractivity contribution in [2.45, 2.75) is 6.42 Å². The van der Waals surface area contributed by atoms with Crippen LogP contribution in [0.2, 0.25) is 0 Å². The Balaban J connectivity index is 1.71. The molecular formula is C17H13N6O4-. The summed E-state index contributed by atoms with van der Waals surface area (Å²) in [7, 11) is 0. The van der Waals surface area contributed by atoms with E-state index in [1.807, 2.05) is 30.3 Å². The number of H-pyrrole nitrogens is 1. The summed E-state index contributed by atoms with van der Waals surface area (Å²) in [6, 6.07) is 12.6. The first kappa shape index (κ1) is 17.7. The van der Waals surface area contributed by atoms with Crippen LogP contribution >= 0.6 is 0 Å². The summed E-state index contributed by atoms with van der Waals surface area (Å²) < 4.78 is 0. The predicted octanol–water partition coefficient (Wildman–Crippen LogP) is 1.18. The molecule has 10 heteroatoms. The van der Waals surface area contributed by atoms with Gasteiger partial charge in [-0.05, 0) is 11.1 Å². The van der Waals surface area contributed by atoms with E-state index < -0.39 is 16.2 Å². The molecule has 0 unspecified atom stereocenters. The van der Waals surface area contributed by atoms with Gasteiger partial charge in [-0.25, -0.2) is 5.43 Å². The van der Waals surface area contributed by atoms with E-state index in [0.29, 0.717) is 6.42 Å². The van der Waals surface area contributed by atoms with Gasteiger partial charge >= 0.3 is 0 Å². The lowest BCUT2D eigenvalue weighted by Gasteiger charge is -2.08. The Bertz CT molecular complexity index is 1050. The number of nitro benzene ring substituents is 1. The molecule has 0 amide bonds. The van der Waals surface area contributed by atoms with Crippen LogP contribution in [-0.2, 0) is 6.42 Å². The summed E-state index contributed by atoms with van der Waals surface area (Å²) in [4.78, 5) is 24.7. The van der Waals surface area contributed by atoms with Gasteiger partial charge in [0, 0.05) is 18.6 Å². The van der Waals surface area contributed by atoms with Crippen molar-refractivity contribution < 1.29 is 10.0 Å². The molecule has 3 aromatic rings. The first-order valence-electron chi connectivity index (χ1n) is 7.77. The van der Waals surface area contributed by atoms with E-state index in [2.05, 4.69) is 25.7 Å². The molecule has 10 nitrogen and oxygen atoms in total. The highest BCUT2D eigenvalue weighted by atomic mass is 16.6. The van der Waals surface area contributed by atoms with Crippen molar-refractivity contribution in [1.82, 2.24) is 15.2 Å². The lowest BCUT2D eigenvalue weighted by molar-refractivity contribution is -0.385. The Hall–Kier alpha value is -4.08. The first-order chi connectivity index (χ1) is 13.0. The summed E-state index contributed by atoms with van der Waals surface area (Å²) in [5.74, 6) is -0.449. The van der Waals surface area contributed by atoms with Crippen LogP contribution in [0.4, 0.5) is 11.6 Å². The van der Waals surface area contributed by atoms with Crippen molar-refractivity contribution in [2.75, 3.05) is 5.43 Å². The zero-order valence-electron chi connectivity index (χ0n) is 13.8. The summed E-state index contributed by atoms with van der Waals surface area (Å²) in [6.45, 7) is 0. The largest absolute Gasteiger partial charge is 0.872 e. The van der Waals surface area contributed by atoms with Crippen LogP contribution in [0.15, 0.2) is 58.4 Å². The Morgan fingerprint density at radius 3 is 2.67 bits per heavy atom. The van der Waals surface area contributed by atoms with Gasteiger partial charge in [-0.1, -0.05) is 42.1 Å². The van der Waals surface area contributed by atoms with Gasteiger partial charge in [-0.15, -0.1) is 10.2 Å². The molecule has 0 aliphatic heterocycles. The van der Waals surface area contributed by atoms with Gasteiger partial charge in [0.1, 0.15) is 5.69 Å². The molecule has 0 spiro atoms. The monoisotopic (exact) mass is 365 g/mol. The maximum absolute atomic E-state index is 12.1. The van der Waals surface area contributed by atoms with Gasteiger partial charge < -0.3 is 5.11 Å². The molecule has 27 heavy (non-hydrogen) atoms. The number of rotatable bonds is 6. The van der Waals surface area contributed by atoms with Gasteiger partial charge in [-0.2, -0.15) is 5.10 Å². The van der Waals surface area contributed by atoms with Gasteiger partial charge in [0.15, 0.2) is 0 Å². The Labute approximate surface area is 152 Å². The third-order valence-electron chi connectivity index (χ3n) is 3.56. The zero-order chi connectivity index (χ0) is 19.2. The third-order valence-corrected chi connectivity index (χ3v) is 3.56. The van der Waals surface area contributed by atoms with E-state index in [9.17, 15) is 20.0 Å². The number of hydrogen-bond donors (Lipinski definition) is 2. The van der Waals surface area contributed by atoms with Crippen LogP contribution in [0.1, 0.15) is 16.8 Å². The van der Waals surface area contributed by atoms with Crippen LogP contribution in [0, 0.1) is 10.1 Å². The zero-order valence-corrected chi connectivity index (χ0v) is 13.8. The lowest BCUT2D eigenvalue weighted by atomic mass is 10.1. The number of hydrogen-bond acceptors (Lipinski definition) is 8. The molecule has 0 aliphatic carbocycles. The molecule has 0 radical (unpaired) electrons. The molecule has 1 aromatic heterocycles. The normalized spacial score (nSPS) is 10.8. The van der Waals surface area contributed by atoms with Crippen molar-refractivity contribution in [3.8, 4) is 5.75 Å². The van der Waals surface area contributed by atoms with Gasteiger partial charge in [0.05, 0.1) is 11.1 Å².